The van der Waals surface area contributed by atoms with Gasteiger partial charge < -0.3 is 9.32 Å². The lowest BCUT2D eigenvalue weighted by Crippen LogP contribution is -2.11. The number of rotatable bonds is 6. The molecule has 0 N–H and O–H groups in total. The first-order valence-electron chi connectivity index (χ1n) is 17.8. The molecule has 0 aliphatic carbocycles. The fourth-order valence-corrected chi connectivity index (χ4v) is 7.67. The van der Waals surface area contributed by atoms with Crippen LogP contribution in [0.15, 0.2) is 205 Å². The molecule has 52 heavy (non-hydrogen) atoms. The number of fused-ring (bicyclic) bond motifs is 5. The zero-order chi connectivity index (χ0) is 34.4. The summed E-state index contributed by atoms with van der Waals surface area (Å²) in [5, 5.41) is 7.13. The van der Waals surface area contributed by atoms with Crippen molar-refractivity contribution in [3.63, 3.8) is 0 Å². The molecule has 0 fully saturated rings. The van der Waals surface area contributed by atoms with Gasteiger partial charge in [-0.05, 0) is 104 Å². The number of hydrogen-bond donors (Lipinski definition) is 0. The molecule has 10 rings (SSSR count). The normalized spacial score (nSPS) is 11.5. The minimum Gasteiger partial charge on any atom is -0.456 e. The van der Waals surface area contributed by atoms with E-state index in [0.717, 1.165) is 39.0 Å². The van der Waals surface area contributed by atoms with Crippen LogP contribution >= 0.6 is 0 Å². The van der Waals surface area contributed by atoms with Crippen molar-refractivity contribution >= 4 is 60.5 Å². The molecular formula is C50H33NO. The predicted molar refractivity (Wildman–Crippen MR) is 220 cm³/mol. The topological polar surface area (TPSA) is 16.4 Å². The Morgan fingerprint density at radius 1 is 0.308 bits per heavy atom. The van der Waals surface area contributed by atoms with Gasteiger partial charge in [0.2, 0.25) is 0 Å². The van der Waals surface area contributed by atoms with E-state index >= 15 is 0 Å². The summed E-state index contributed by atoms with van der Waals surface area (Å²) in [5.74, 6) is 0. The van der Waals surface area contributed by atoms with Crippen molar-refractivity contribution in [1.29, 1.82) is 0 Å². The maximum Gasteiger partial charge on any atom is 0.136 e. The second-order valence-corrected chi connectivity index (χ2v) is 13.3. The molecule has 9 aromatic carbocycles. The van der Waals surface area contributed by atoms with E-state index in [2.05, 4.69) is 193 Å². The van der Waals surface area contributed by atoms with Crippen LogP contribution in [0.1, 0.15) is 0 Å². The van der Waals surface area contributed by atoms with Gasteiger partial charge in [0.05, 0.1) is 5.69 Å². The van der Waals surface area contributed by atoms with E-state index in [9.17, 15) is 0 Å². The van der Waals surface area contributed by atoms with Crippen LogP contribution in [-0.2, 0) is 0 Å². The number of anilines is 3. The van der Waals surface area contributed by atoms with E-state index in [1.165, 1.54) is 54.9 Å². The predicted octanol–water partition coefficient (Wildman–Crippen LogP) is 14.4. The van der Waals surface area contributed by atoms with Crippen molar-refractivity contribution < 1.29 is 4.42 Å². The van der Waals surface area contributed by atoms with E-state index in [0.29, 0.717) is 0 Å². The Morgan fingerprint density at radius 2 is 0.904 bits per heavy atom. The van der Waals surface area contributed by atoms with Gasteiger partial charge in [-0.15, -0.1) is 0 Å². The summed E-state index contributed by atoms with van der Waals surface area (Å²) in [5.41, 5.74) is 12.3. The van der Waals surface area contributed by atoms with Gasteiger partial charge >= 0.3 is 0 Å². The van der Waals surface area contributed by atoms with Gasteiger partial charge in [0.1, 0.15) is 11.2 Å². The molecule has 0 atom stereocenters. The van der Waals surface area contributed by atoms with Crippen molar-refractivity contribution in [2.24, 2.45) is 0 Å². The molecule has 2 heteroatoms. The maximum atomic E-state index is 6.17. The molecule has 0 radical (unpaired) electrons. The van der Waals surface area contributed by atoms with E-state index in [4.69, 9.17) is 4.42 Å². The van der Waals surface area contributed by atoms with Crippen molar-refractivity contribution in [2.45, 2.75) is 0 Å². The second-order valence-electron chi connectivity index (χ2n) is 13.3. The molecule has 0 spiro atoms. The SMILES string of the molecule is c1ccc(-c2ccc(N(c3ccc(-c4ccc5cc6oc7ccccc7c6cc5c4)cc3)c3ccccc3-c3cccc4ccccc34)cc2)cc1. The molecule has 0 saturated carbocycles. The van der Waals surface area contributed by atoms with Crippen molar-refractivity contribution in [3.8, 4) is 33.4 Å². The average Bonchev–Trinajstić information content (AvgIpc) is 3.58. The third-order valence-corrected chi connectivity index (χ3v) is 10.3. The second kappa shape index (κ2) is 12.5. The Morgan fingerprint density at radius 3 is 1.71 bits per heavy atom. The molecule has 10 aromatic rings. The molecule has 0 saturated heterocycles. The van der Waals surface area contributed by atoms with Crippen LogP contribution in [0.25, 0.3) is 76.9 Å². The molecule has 2 nitrogen and oxygen atoms in total. The van der Waals surface area contributed by atoms with Crippen LogP contribution in [0, 0.1) is 0 Å². The van der Waals surface area contributed by atoms with Gasteiger partial charge in [-0.25, -0.2) is 0 Å². The van der Waals surface area contributed by atoms with E-state index in [-0.39, 0.29) is 0 Å². The summed E-state index contributed by atoms with van der Waals surface area (Å²) >= 11 is 0. The summed E-state index contributed by atoms with van der Waals surface area (Å²) in [7, 11) is 0. The van der Waals surface area contributed by atoms with Crippen molar-refractivity contribution in [1.82, 2.24) is 0 Å². The minimum absolute atomic E-state index is 0.921. The highest BCUT2D eigenvalue weighted by atomic mass is 16.3. The summed E-state index contributed by atoms with van der Waals surface area (Å²) < 4.78 is 6.17. The van der Waals surface area contributed by atoms with Crippen LogP contribution in [-0.4, -0.2) is 0 Å². The quantitative estimate of drug-likeness (QED) is 0.176. The molecular weight excluding hydrogens is 631 g/mol. The van der Waals surface area contributed by atoms with E-state index in [1.807, 2.05) is 12.1 Å². The Balaban J connectivity index is 1.09. The van der Waals surface area contributed by atoms with Crippen LogP contribution in [0.4, 0.5) is 17.1 Å². The van der Waals surface area contributed by atoms with E-state index in [1.54, 1.807) is 0 Å². The minimum atomic E-state index is 0.921. The first-order chi connectivity index (χ1) is 25.8. The van der Waals surface area contributed by atoms with Gasteiger partial charge in [-0.2, -0.15) is 0 Å². The van der Waals surface area contributed by atoms with E-state index < -0.39 is 0 Å². The number of benzene rings is 9. The highest BCUT2D eigenvalue weighted by Gasteiger charge is 2.19. The first-order valence-corrected chi connectivity index (χ1v) is 17.8. The van der Waals surface area contributed by atoms with Crippen molar-refractivity contribution in [3.05, 3.63) is 200 Å². The molecule has 0 amide bonds. The summed E-state index contributed by atoms with van der Waals surface area (Å²) in [6, 6.07) is 71.8. The van der Waals surface area contributed by atoms with Crippen molar-refractivity contribution in [2.75, 3.05) is 4.90 Å². The fourth-order valence-electron chi connectivity index (χ4n) is 7.67. The third-order valence-electron chi connectivity index (χ3n) is 10.3. The van der Waals surface area contributed by atoms with Gasteiger partial charge in [-0.3, -0.25) is 0 Å². The summed E-state index contributed by atoms with van der Waals surface area (Å²) in [6.45, 7) is 0. The fraction of sp³-hybridized carbons (Fsp3) is 0. The van der Waals surface area contributed by atoms with Crippen LogP contribution in [0.5, 0.6) is 0 Å². The number of nitrogens with zero attached hydrogens (tertiary/aromatic N) is 1. The lowest BCUT2D eigenvalue weighted by Gasteiger charge is -2.28. The molecule has 1 aromatic heterocycles. The third kappa shape index (κ3) is 5.21. The Bertz CT molecular complexity index is 2880. The zero-order valence-corrected chi connectivity index (χ0v) is 28.4. The number of furan rings is 1. The average molecular weight is 664 g/mol. The first kappa shape index (κ1) is 30.0. The monoisotopic (exact) mass is 663 g/mol. The molecule has 244 valence electrons. The highest BCUT2D eigenvalue weighted by Crippen LogP contribution is 2.43. The van der Waals surface area contributed by atoms with Gasteiger partial charge in [0.15, 0.2) is 0 Å². The highest BCUT2D eigenvalue weighted by molar-refractivity contribution is 6.10. The smallest absolute Gasteiger partial charge is 0.136 e. The Labute approximate surface area is 302 Å². The van der Waals surface area contributed by atoms with Gasteiger partial charge in [0, 0.05) is 27.7 Å². The standard InChI is InChI=1S/C50H33NO/c1-2-11-34(12-3-1)35-23-27-41(28-24-35)51(48-19-8-6-16-45(48)44-18-10-14-37-13-4-5-15-43(37)44)42-29-25-36(26-30-42)38-21-22-39-33-50-47(32-40(39)31-38)46-17-7-9-20-49(46)52-50/h1-33H. The number of para-hydroxylation sites is 2. The zero-order valence-electron chi connectivity index (χ0n) is 28.4. The molecule has 0 aliphatic heterocycles. The van der Waals surface area contributed by atoms with Crippen LogP contribution < -0.4 is 4.90 Å². The largest absolute Gasteiger partial charge is 0.456 e. The summed E-state index contributed by atoms with van der Waals surface area (Å²) in [6.07, 6.45) is 0. The Kier molecular flexibility index (Phi) is 7.18. The lowest BCUT2D eigenvalue weighted by molar-refractivity contribution is 0.669. The number of hydrogen-bond acceptors (Lipinski definition) is 2. The maximum absolute atomic E-state index is 6.17. The van der Waals surface area contributed by atoms with Crippen LogP contribution in [0.3, 0.4) is 0 Å². The molecule has 1 heterocycles. The van der Waals surface area contributed by atoms with Gasteiger partial charge in [0.25, 0.3) is 0 Å². The molecule has 0 aliphatic rings. The molecule has 0 bridgehead atoms. The molecule has 0 unspecified atom stereocenters. The summed E-state index contributed by atoms with van der Waals surface area (Å²) in [4.78, 5) is 2.39. The van der Waals surface area contributed by atoms with Gasteiger partial charge in [-0.1, -0.05) is 146 Å². The van der Waals surface area contributed by atoms with Crippen LogP contribution in [0.2, 0.25) is 0 Å². The Hall–Kier alpha value is -6.90. The lowest BCUT2D eigenvalue weighted by atomic mass is 9.95.